The zero-order valence-electron chi connectivity index (χ0n) is 10.7. The molecule has 96 valence electrons. The van der Waals surface area contributed by atoms with Gasteiger partial charge < -0.3 is 10.2 Å². The maximum absolute atomic E-state index is 10.8. The number of amides is 1. The molecule has 1 aromatic heterocycles. The van der Waals surface area contributed by atoms with Crippen molar-refractivity contribution in [2.75, 3.05) is 6.54 Å². The maximum Gasteiger partial charge on any atom is 0.231 e. The number of hydrogen-bond acceptors (Lipinski definition) is 3. The molecule has 1 amide bonds. The van der Waals surface area contributed by atoms with E-state index in [9.17, 15) is 4.79 Å². The summed E-state index contributed by atoms with van der Waals surface area (Å²) in [5.41, 5.74) is 7.21. The topological polar surface area (TPSA) is 68.3 Å². The van der Waals surface area contributed by atoms with Gasteiger partial charge in [0, 0.05) is 10.9 Å². The summed E-state index contributed by atoms with van der Waals surface area (Å²) in [6, 6.07) is 7.94. The molecule has 3 N–H and O–H groups in total. The quantitative estimate of drug-likeness (QED) is 0.849. The van der Waals surface area contributed by atoms with Crippen molar-refractivity contribution < 1.29 is 9.21 Å². The lowest BCUT2D eigenvalue weighted by atomic mass is 10.1. The Labute approximate surface area is 106 Å². The van der Waals surface area contributed by atoms with E-state index < -0.39 is 0 Å². The van der Waals surface area contributed by atoms with Crippen molar-refractivity contribution in [1.29, 1.82) is 0 Å². The van der Waals surface area contributed by atoms with E-state index in [-0.39, 0.29) is 18.5 Å². The summed E-state index contributed by atoms with van der Waals surface area (Å²) < 4.78 is 5.87. The molecule has 1 atom stereocenters. The second-order valence-corrected chi connectivity index (χ2v) is 4.36. The summed E-state index contributed by atoms with van der Waals surface area (Å²) in [5, 5.41) is 4.21. The molecule has 4 nitrogen and oxygen atoms in total. The highest BCUT2D eigenvalue weighted by atomic mass is 16.3. The fourth-order valence-electron chi connectivity index (χ4n) is 2.18. The Morgan fingerprint density at radius 1 is 1.44 bits per heavy atom. The Bertz CT molecular complexity index is 560. The van der Waals surface area contributed by atoms with E-state index >= 15 is 0 Å². The third kappa shape index (κ3) is 2.38. The van der Waals surface area contributed by atoms with Gasteiger partial charge in [0.25, 0.3) is 0 Å². The number of fused-ring (bicyclic) bond motifs is 1. The van der Waals surface area contributed by atoms with Crippen LogP contribution in [0.25, 0.3) is 11.0 Å². The molecule has 0 fully saturated rings. The zero-order chi connectivity index (χ0) is 13.1. The predicted octanol–water partition coefficient (Wildman–Crippen LogP) is 2.13. The van der Waals surface area contributed by atoms with Crippen molar-refractivity contribution in [2.45, 2.75) is 26.3 Å². The molecule has 0 radical (unpaired) electrons. The summed E-state index contributed by atoms with van der Waals surface area (Å²) in [6.07, 6.45) is 0.898. The summed E-state index contributed by atoms with van der Waals surface area (Å²) in [5.74, 6) is 0.524. The van der Waals surface area contributed by atoms with Gasteiger partial charge in [-0.2, -0.15) is 0 Å². The largest absolute Gasteiger partial charge is 0.459 e. The SMILES string of the molecule is CCc1c([C@@H](C)NCC(N)=O)oc2ccccc12. The smallest absolute Gasteiger partial charge is 0.231 e. The van der Waals surface area contributed by atoms with Gasteiger partial charge in [0.1, 0.15) is 11.3 Å². The molecular formula is C14H18N2O2. The number of carbonyl (C=O) groups is 1. The minimum atomic E-state index is -0.365. The predicted molar refractivity (Wildman–Crippen MR) is 71.2 cm³/mol. The molecule has 4 heteroatoms. The molecule has 0 saturated heterocycles. The van der Waals surface area contributed by atoms with Crippen LogP contribution in [-0.4, -0.2) is 12.5 Å². The monoisotopic (exact) mass is 246 g/mol. The number of nitrogens with two attached hydrogens (primary N) is 1. The van der Waals surface area contributed by atoms with Crippen LogP contribution in [0.5, 0.6) is 0 Å². The number of benzene rings is 1. The second kappa shape index (κ2) is 5.23. The van der Waals surface area contributed by atoms with E-state index in [4.69, 9.17) is 10.2 Å². The first-order valence-corrected chi connectivity index (χ1v) is 6.15. The van der Waals surface area contributed by atoms with Crippen LogP contribution in [0.15, 0.2) is 28.7 Å². The molecule has 0 bridgehead atoms. The summed E-state index contributed by atoms with van der Waals surface area (Å²) >= 11 is 0. The first-order chi connectivity index (χ1) is 8.63. The van der Waals surface area contributed by atoms with Crippen LogP contribution in [0.2, 0.25) is 0 Å². The van der Waals surface area contributed by atoms with Crippen molar-refractivity contribution in [3.05, 3.63) is 35.6 Å². The first kappa shape index (κ1) is 12.6. The molecule has 0 aliphatic heterocycles. The normalized spacial score (nSPS) is 12.8. The Kier molecular flexibility index (Phi) is 3.67. The minimum absolute atomic E-state index is 0.0279. The molecule has 0 spiro atoms. The number of para-hydroxylation sites is 1. The molecule has 1 aromatic carbocycles. The van der Waals surface area contributed by atoms with Crippen LogP contribution in [0.1, 0.15) is 31.2 Å². The molecule has 0 saturated carbocycles. The van der Waals surface area contributed by atoms with Gasteiger partial charge in [0.15, 0.2) is 0 Å². The van der Waals surface area contributed by atoms with Crippen LogP contribution in [0.4, 0.5) is 0 Å². The number of furan rings is 1. The third-order valence-electron chi connectivity index (χ3n) is 3.06. The molecule has 18 heavy (non-hydrogen) atoms. The Morgan fingerprint density at radius 3 is 2.83 bits per heavy atom. The Hall–Kier alpha value is -1.81. The van der Waals surface area contributed by atoms with Crippen molar-refractivity contribution in [2.24, 2.45) is 5.73 Å². The number of rotatable bonds is 5. The average Bonchev–Trinajstić information content (AvgIpc) is 2.74. The van der Waals surface area contributed by atoms with E-state index in [0.717, 1.165) is 23.2 Å². The Balaban J connectivity index is 2.34. The standard InChI is InChI=1S/C14H18N2O2/c1-3-10-11-6-4-5-7-12(11)18-14(10)9(2)16-8-13(15)17/h4-7,9,16H,3,8H2,1-2H3,(H2,15,17)/t9-/m1/s1. The Morgan fingerprint density at radius 2 is 2.17 bits per heavy atom. The van der Waals surface area contributed by atoms with Crippen LogP contribution in [0, 0.1) is 0 Å². The molecule has 2 aromatic rings. The number of hydrogen-bond donors (Lipinski definition) is 2. The number of nitrogens with one attached hydrogen (secondary N) is 1. The summed E-state index contributed by atoms with van der Waals surface area (Å²) in [7, 11) is 0. The summed E-state index contributed by atoms with van der Waals surface area (Å²) in [4.78, 5) is 10.8. The highest BCUT2D eigenvalue weighted by Gasteiger charge is 2.17. The average molecular weight is 246 g/mol. The van der Waals surface area contributed by atoms with Gasteiger partial charge in [-0.25, -0.2) is 0 Å². The van der Waals surface area contributed by atoms with Crippen molar-refractivity contribution in [3.8, 4) is 0 Å². The van der Waals surface area contributed by atoms with Gasteiger partial charge in [0.05, 0.1) is 12.6 Å². The second-order valence-electron chi connectivity index (χ2n) is 4.36. The lowest BCUT2D eigenvalue weighted by Gasteiger charge is -2.11. The van der Waals surface area contributed by atoms with Crippen LogP contribution in [-0.2, 0) is 11.2 Å². The van der Waals surface area contributed by atoms with E-state index in [0.29, 0.717) is 0 Å². The zero-order valence-corrected chi connectivity index (χ0v) is 10.7. The third-order valence-corrected chi connectivity index (χ3v) is 3.06. The van der Waals surface area contributed by atoms with Gasteiger partial charge in [-0.3, -0.25) is 10.1 Å². The van der Waals surface area contributed by atoms with Gasteiger partial charge in [0.2, 0.25) is 5.91 Å². The van der Waals surface area contributed by atoms with E-state index in [1.807, 2.05) is 25.1 Å². The highest BCUT2D eigenvalue weighted by molar-refractivity contribution is 5.82. The van der Waals surface area contributed by atoms with Crippen LogP contribution < -0.4 is 11.1 Å². The molecule has 0 aliphatic carbocycles. The maximum atomic E-state index is 10.8. The van der Waals surface area contributed by atoms with Gasteiger partial charge in [-0.05, 0) is 19.4 Å². The van der Waals surface area contributed by atoms with E-state index in [1.54, 1.807) is 0 Å². The molecule has 1 heterocycles. The van der Waals surface area contributed by atoms with Crippen molar-refractivity contribution in [3.63, 3.8) is 0 Å². The molecule has 0 unspecified atom stereocenters. The number of aryl methyl sites for hydroxylation is 1. The molecular weight excluding hydrogens is 228 g/mol. The molecule has 2 rings (SSSR count). The van der Waals surface area contributed by atoms with Gasteiger partial charge in [-0.1, -0.05) is 25.1 Å². The van der Waals surface area contributed by atoms with Crippen LogP contribution in [0.3, 0.4) is 0 Å². The minimum Gasteiger partial charge on any atom is -0.459 e. The van der Waals surface area contributed by atoms with E-state index in [2.05, 4.69) is 18.3 Å². The highest BCUT2D eigenvalue weighted by Crippen LogP contribution is 2.30. The lowest BCUT2D eigenvalue weighted by molar-refractivity contribution is -0.117. The number of primary amides is 1. The van der Waals surface area contributed by atoms with Gasteiger partial charge in [-0.15, -0.1) is 0 Å². The van der Waals surface area contributed by atoms with Crippen molar-refractivity contribution in [1.82, 2.24) is 5.32 Å². The fourth-order valence-corrected chi connectivity index (χ4v) is 2.18. The first-order valence-electron chi connectivity index (χ1n) is 6.15. The number of carbonyl (C=O) groups excluding carboxylic acids is 1. The van der Waals surface area contributed by atoms with E-state index in [1.165, 1.54) is 5.56 Å². The summed E-state index contributed by atoms with van der Waals surface area (Å²) in [6.45, 7) is 4.22. The van der Waals surface area contributed by atoms with Gasteiger partial charge >= 0.3 is 0 Å². The fraction of sp³-hybridized carbons (Fsp3) is 0.357. The molecule has 0 aliphatic rings. The van der Waals surface area contributed by atoms with Crippen molar-refractivity contribution >= 4 is 16.9 Å². The lowest BCUT2D eigenvalue weighted by Crippen LogP contribution is -2.30. The van der Waals surface area contributed by atoms with Crippen LogP contribution >= 0.6 is 0 Å².